The van der Waals surface area contributed by atoms with Crippen LogP contribution in [0, 0.1) is 0 Å². The predicted molar refractivity (Wildman–Crippen MR) is 44.9 cm³/mol. The third-order valence-corrected chi connectivity index (χ3v) is 2.32. The monoisotopic (exact) mass is 396 g/mol. The molecule has 1 atom stereocenters. The minimum Gasteiger partial charge on any atom is -0.303 e. The van der Waals surface area contributed by atoms with Gasteiger partial charge in [0.15, 0.2) is 0 Å². The number of phosphoric acid groups is 1. The molecular weight excluding hydrogens is 392 g/mol. The summed E-state index contributed by atoms with van der Waals surface area (Å²) in [6.45, 7) is -3.15. The summed E-state index contributed by atoms with van der Waals surface area (Å²) in [7, 11) is -5.94. The number of halogens is 11. The van der Waals surface area contributed by atoms with Crippen molar-refractivity contribution in [3.05, 3.63) is 0 Å². The molecule has 0 saturated heterocycles. The molecule has 0 rings (SSSR count). The molecule has 0 fully saturated rings. The van der Waals surface area contributed by atoms with Gasteiger partial charge in [-0.3, -0.25) is 9.26 Å². The maximum Gasteiger partial charge on any atom is 0.469 e. The van der Waals surface area contributed by atoms with Crippen LogP contribution in [-0.2, 0) is 13.8 Å². The van der Waals surface area contributed by atoms with Crippen LogP contribution in [0.4, 0.5) is 48.3 Å². The molecular formula is C6H4F11O5P. The van der Waals surface area contributed by atoms with Gasteiger partial charge in [0.1, 0.15) is 6.61 Å². The van der Waals surface area contributed by atoms with Crippen molar-refractivity contribution in [2.45, 2.75) is 30.2 Å². The van der Waals surface area contributed by atoms with Crippen LogP contribution in [0.15, 0.2) is 0 Å². The summed E-state index contributed by atoms with van der Waals surface area (Å²) < 4.78 is 150. The van der Waals surface area contributed by atoms with Crippen LogP contribution < -0.4 is 0 Å². The van der Waals surface area contributed by atoms with E-state index in [1.54, 1.807) is 0 Å². The number of hydrogen-bond donors (Lipinski definition) is 2. The fraction of sp³-hybridized carbons (Fsp3) is 1.00. The Hall–Kier alpha value is -0.700. The highest BCUT2D eigenvalue weighted by molar-refractivity contribution is 7.46. The van der Waals surface area contributed by atoms with E-state index in [-0.39, 0.29) is 0 Å². The van der Waals surface area contributed by atoms with Gasteiger partial charge in [0.2, 0.25) is 0 Å². The summed E-state index contributed by atoms with van der Waals surface area (Å²) in [5.74, 6) is -13.4. The highest BCUT2D eigenvalue weighted by Crippen LogP contribution is 2.51. The van der Waals surface area contributed by atoms with E-state index in [1.807, 2.05) is 4.74 Å². The van der Waals surface area contributed by atoms with Crippen LogP contribution >= 0.6 is 7.82 Å². The van der Waals surface area contributed by atoms with Gasteiger partial charge in [0, 0.05) is 0 Å². The van der Waals surface area contributed by atoms with Gasteiger partial charge in [-0.1, -0.05) is 0 Å². The Morgan fingerprint density at radius 1 is 0.783 bits per heavy atom. The van der Waals surface area contributed by atoms with Crippen molar-refractivity contribution in [3.8, 4) is 0 Å². The Balaban J connectivity index is 5.68. The van der Waals surface area contributed by atoms with Crippen molar-refractivity contribution in [2.24, 2.45) is 0 Å². The van der Waals surface area contributed by atoms with E-state index < -0.39 is 44.7 Å². The van der Waals surface area contributed by atoms with Crippen LogP contribution in [-0.4, -0.2) is 46.6 Å². The minimum atomic E-state index is -7.26. The molecule has 0 heterocycles. The normalized spacial score (nSPS) is 18.0. The Bertz CT molecular complexity index is 467. The Morgan fingerprint density at radius 2 is 1.17 bits per heavy atom. The maximum absolute atomic E-state index is 13.2. The molecule has 140 valence electrons. The molecule has 0 amide bonds. The number of phosphoric ester groups is 1. The van der Waals surface area contributed by atoms with Gasteiger partial charge in [0.05, 0.1) is 0 Å². The van der Waals surface area contributed by atoms with E-state index >= 15 is 0 Å². The zero-order valence-electron chi connectivity index (χ0n) is 9.93. The molecule has 2 N–H and O–H groups in total. The summed E-state index contributed by atoms with van der Waals surface area (Å²) in [5.41, 5.74) is 0. The Kier molecular flexibility index (Phi) is 5.80. The lowest BCUT2D eigenvalue weighted by Gasteiger charge is -2.34. The third-order valence-electron chi connectivity index (χ3n) is 1.85. The van der Waals surface area contributed by atoms with E-state index in [0.29, 0.717) is 0 Å². The van der Waals surface area contributed by atoms with Crippen molar-refractivity contribution in [2.75, 3.05) is 6.61 Å². The van der Waals surface area contributed by atoms with Crippen molar-refractivity contribution in [3.63, 3.8) is 0 Å². The number of rotatable bonds is 6. The number of ether oxygens (including phenoxy) is 1. The smallest absolute Gasteiger partial charge is 0.303 e. The lowest BCUT2D eigenvalue weighted by Crippen LogP contribution is -2.60. The maximum atomic E-state index is 13.2. The molecule has 0 saturated carbocycles. The van der Waals surface area contributed by atoms with E-state index in [1.165, 1.54) is 0 Å². The summed E-state index contributed by atoms with van der Waals surface area (Å²) in [4.78, 5) is 16.0. The molecule has 0 aromatic carbocycles. The number of alkyl halides is 11. The van der Waals surface area contributed by atoms with Crippen LogP contribution in [0.3, 0.4) is 0 Å². The summed E-state index contributed by atoms with van der Waals surface area (Å²) in [6.07, 6.45) is -20.9. The van der Waals surface area contributed by atoms with Crippen molar-refractivity contribution in [1.82, 2.24) is 0 Å². The second kappa shape index (κ2) is 5.98. The van der Waals surface area contributed by atoms with Crippen molar-refractivity contribution in [1.29, 1.82) is 0 Å². The summed E-state index contributed by atoms with van der Waals surface area (Å²) in [5, 5.41) is 0. The third kappa shape index (κ3) is 5.14. The molecule has 0 aliphatic carbocycles. The Labute approximate surface area is 118 Å². The molecule has 0 aliphatic heterocycles. The average Bonchev–Trinajstić information content (AvgIpc) is 2.21. The average molecular weight is 396 g/mol. The first-order chi connectivity index (χ1) is 9.66. The summed E-state index contributed by atoms with van der Waals surface area (Å²) in [6, 6.07) is 0. The second-order valence-electron chi connectivity index (χ2n) is 3.68. The van der Waals surface area contributed by atoms with Gasteiger partial charge in [-0.05, 0) is 0 Å². The second-order valence-corrected chi connectivity index (χ2v) is 4.92. The summed E-state index contributed by atoms with van der Waals surface area (Å²) >= 11 is 0. The quantitative estimate of drug-likeness (QED) is 0.533. The van der Waals surface area contributed by atoms with Gasteiger partial charge in [0.25, 0.3) is 0 Å². The minimum absolute atomic E-state index is 1.91. The molecule has 0 aromatic heterocycles. The molecule has 1 unspecified atom stereocenters. The fourth-order valence-corrected chi connectivity index (χ4v) is 1.10. The van der Waals surface area contributed by atoms with Gasteiger partial charge < -0.3 is 9.79 Å². The molecule has 17 heteroatoms. The van der Waals surface area contributed by atoms with Gasteiger partial charge in [-0.25, -0.2) is 4.57 Å². The standard InChI is InChI=1S/C6H4F11O5P/c7-2(4(10,11)12,1-21-23(18,19)20)22-6(16,17)3(8,9)5(13,14)15/h1H2,(H2,18,19,20). The van der Waals surface area contributed by atoms with Crippen molar-refractivity contribution >= 4 is 7.82 Å². The first-order valence-corrected chi connectivity index (χ1v) is 6.17. The largest absolute Gasteiger partial charge is 0.469 e. The van der Waals surface area contributed by atoms with Gasteiger partial charge in [-0.2, -0.15) is 48.3 Å². The van der Waals surface area contributed by atoms with Crippen LogP contribution in [0.5, 0.6) is 0 Å². The van der Waals surface area contributed by atoms with Gasteiger partial charge >= 0.3 is 38.1 Å². The molecule has 0 aliphatic rings. The van der Waals surface area contributed by atoms with Crippen LogP contribution in [0.25, 0.3) is 0 Å². The lowest BCUT2D eigenvalue weighted by atomic mass is 10.2. The SMILES string of the molecule is O=P(O)(O)OCC(F)(OC(F)(F)C(F)(F)C(F)(F)F)C(F)(F)F. The highest BCUT2D eigenvalue weighted by Gasteiger charge is 2.78. The zero-order chi connectivity index (χ0) is 19.1. The van der Waals surface area contributed by atoms with E-state index in [0.717, 1.165) is 0 Å². The molecule has 5 nitrogen and oxygen atoms in total. The van der Waals surface area contributed by atoms with E-state index in [9.17, 15) is 52.9 Å². The Morgan fingerprint density at radius 3 is 1.43 bits per heavy atom. The molecule has 0 bridgehead atoms. The first kappa shape index (κ1) is 22.3. The van der Waals surface area contributed by atoms with E-state index in [2.05, 4.69) is 4.52 Å². The first-order valence-electron chi connectivity index (χ1n) is 4.64. The topological polar surface area (TPSA) is 76.0 Å². The highest BCUT2D eigenvalue weighted by atomic mass is 31.2. The van der Waals surface area contributed by atoms with Gasteiger partial charge in [-0.15, -0.1) is 0 Å². The fourth-order valence-electron chi connectivity index (χ4n) is 0.769. The molecule has 0 radical (unpaired) electrons. The molecule has 0 spiro atoms. The predicted octanol–water partition coefficient (Wildman–Crippen LogP) is 3.13. The zero-order valence-corrected chi connectivity index (χ0v) is 10.8. The van der Waals surface area contributed by atoms with E-state index in [4.69, 9.17) is 9.79 Å². The lowest BCUT2D eigenvalue weighted by molar-refractivity contribution is -0.485. The van der Waals surface area contributed by atoms with Crippen LogP contribution in [0.2, 0.25) is 0 Å². The molecule has 23 heavy (non-hydrogen) atoms. The van der Waals surface area contributed by atoms with Crippen LogP contribution in [0.1, 0.15) is 0 Å². The van der Waals surface area contributed by atoms with Crippen molar-refractivity contribution < 1.29 is 71.9 Å². The number of hydrogen-bond acceptors (Lipinski definition) is 3. The molecule has 0 aromatic rings.